The van der Waals surface area contributed by atoms with Crippen molar-refractivity contribution in [3.05, 3.63) is 89.1 Å². The van der Waals surface area contributed by atoms with Crippen molar-refractivity contribution in [2.24, 2.45) is 4.99 Å². The summed E-state index contributed by atoms with van der Waals surface area (Å²) in [7, 11) is 0. The molecule has 1 aromatic carbocycles. The number of benzene rings is 1. The molecule has 7 heteroatoms. The topological polar surface area (TPSA) is 62.5 Å². The van der Waals surface area contributed by atoms with Gasteiger partial charge in [-0.15, -0.1) is 24.0 Å². The quantitative estimate of drug-likeness (QED) is 0.188. The van der Waals surface area contributed by atoms with Crippen LogP contribution < -0.4 is 10.6 Å². The maximum absolute atomic E-state index is 5.85. The van der Waals surface area contributed by atoms with E-state index in [1.54, 1.807) is 12.5 Å². The minimum Gasteiger partial charge on any atom is -0.469 e. The molecule has 2 N–H and O–H groups in total. The summed E-state index contributed by atoms with van der Waals surface area (Å²) in [6.07, 6.45) is 5.09. The summed E-state index contributed by atoms with van der Waals surface area (Å²) in [6.45, 7) is 3.52. The molecule has 0 aliphatic heterocycles. The SMILES string of the molecule is CC(NC(=NCCc1ccco1)NCCc1ccc(Cl)nc1)c1ccccc1.I. The summed E-state index contributed by atoms with van der Waals surface area (Å²) in [5, 5.41) is 7.40. The second kappa shape index (κ2) is 12.5. The molecule has 0 radical (unpaired) electrons. The van der Waals surface area contributed by atoms with Gasteiger partial charge in [0.25, 0.3) is 0 Å². The lowest BCUT2D eigenvalue weighted by Gasteiger charge is -2.19. The fourth-order valence-electron chi connectivity index (χ4n) is 2.79. The Kier molecular flexibility index (Phi) is 10.0. The molecular weight excluding hydrogens is 499 g/mol. The predicted octanol–water partition coefficient (Wildman–Crippen LogP) is 5.03. The van der Waals surface area contributed by atoms with Crippen molar-refractivity contribution >= 4 is 41.5 Å². The number of guanidine groups is 1. The van der Waals surface area contributed by atoms with E-state index in [2.05, 4.69) is 34.7 Å². The van der Waals surface area contributed by atoms with Crippen molar-refractivity contribution < 1.29 is 4.42 Å². The third-order valence-electron chi connectivity index (χ3n) is 4.36. The van der Waals surface area contributed by atoms with Gasteiger partial charge in [0.05, 0.1) is 12.3 Å². The highest BCUT2D eigenvalue weighted by Gasteiger charge is 2.08. The zero-order chi connectivity index (χ0) is 19.6. The van der Waals surface area contributed by atoms with Crippen LogP contribution in [0.4, 0.5) is 0 Å². The van der Waals surface area contributed by atoms with Gasteiger partial charge in [-0.25, -0.2) is 4.98 Å². The minimum absolute atomic E-state index is 0. The number of hydrogen-bond donors (Lipinski definition) is 2. The lowest BCUT2D eigenvalue weighted by molar-refractivity contribution is 0.510. The average molecular weight is 525 g/mol. The Morgan fingerprint density at radius 3 is 2.62 bits per heavy atom. The van der Waals surface area contributed by atoms with Gasteiger partial charge in [0.1, 0.15) is 10.9 Å². The van der Waals surface area contributed by atoms with E-state index in [-0.39, 0.29) is 30.0 Å². The zero-order valence-corrected chi connectivity index (χ0v) is 19.4. The first-order valence-corrected chi connectivity index (χ1v) is 9.81. The van der Waals surface area contributed by atoms with E-state index in [1.165, 1.54) is 5.56 Å². The number of nitrogens with zero attached hydrogens (tertiary/aromatic N) is 2. The van der Waals surface area contributed by atoms with Gasteiger partial charge in [0, 0.05) is 25.7 Å². The maximum atomic E-state index is 5.85. The number of aliphatic imine (C=N–C) groups is 1. The van der Waals surface area contributed by atoms with Crippen LogP contribution in [0.3, 0.4) is 0 Å². The number of hydrogen-bond acceptors (Lipinski definition) is 3. The van der Waals surface area contributed by atoms with Gasteiger partial charge in [0.15, 0.2) is 5.96 Å². The Bertz CT molecular complexity index is 854. The third-order valence-corrected chi connectivity index (χ3v) is 4.58. The van der Waals surface area contributed by atoms with Crippen LogP contribution in [0.15, 0.2) is 76.5 Å². The summed E-state index contributed by atoms with van der Waals surface area (Å²) in [4.78, 5) is 8.83. The Hall–Kier alpha value is -2.06. The van der Waals surface area contributed by atoms with Crippen LogP contribution in [-0.2, 0) is 12.8 Å². The number of nitrogens with one attached hydrogen (secondary N) is 2. The van der Waals surface area contributed by atoms with Gasteiger partial charge in [-0.05, 0) is 42.7 Å². The third kappa shape index (κ3) is 8.06. The number of pyridine rings is 1. The first-order chi connectivity index (χ1) is 13.7. The van der Waals surface area contributed by atoms with Gasteiger partial charge < -0.3 is 15.1 Å². The smallest absolute Gasteiger partial charge is 0.191 e. The molecule has 0 spiro atoms. The Morgan fingerprint density at radius 2 is 1.93 bits per heavy atom. The lowest BCUT2D eigenvalue weighted by atomic mass is 10.1. The number of furan rings is 1. The molecule has 2 heterocycles. The van der Waals surface area contributed by atoms with Crippen LogP contribution >= 0.6 is 35.6 Å². The Morgan fingerprint density at radius 1 is 1.10 bits per heavy atom. The van der Waals surface area contributed by atoms with Gasteiger partial charge in [-0.3, -0.25) is 4.99 Å². The van der Waals surface area contributed by atoms with E-state index in [4.69, 9.17) is 21.0 Å². The van der Waals surface area contributed by atoms with E-state index in [0.717, 1.165) is 36.7 Å². The van der Waals surface area contributed by atoms with E-state index < -0.39 is 0 Å². The molecule has 5 nitrogen and oxygen atoms in total. The molecule has 154 valence electrons. The molecule has 0 fully saturated rings. The molecule has 0 saturated carbocycles. The van der Waals surface area contributed by atoms with Crippen molar-refractivity contribution in [2.45, 2.75) is 25.8 Å². The van der Waals surface area contributed by atoms with Crippen molar-refractivity contribution in [3.8, 4) is 0 Å². The van der Waals surface area contributed by atoms with Crippen LogP contribution in [-0.4, -0.2) is 24.0 Å². The molecule has 2 aromatic heterocycles. The first-order valence-electron chi connectivity index (χ1n) is 9.43. The number of aromatic nitrogens is 1. The van der Waals surface area contributed by atoms with Crippen molar-refractivity contribution in [1.82, 2.24) is 15.6 Å². The highest BCUT2D eigenvalue weighted by molar-refractivity contribution is 14.0. The maximum Gasteiger partial charge on any atom is 0.191 e. The van der Waals surface area contributed by atoms with Gasteiger partial charge in [-0.2, -0.15) is 0 Å². The zero-order valence-electron chi connectivity index (χ0n) is 16.3. The molecular formula is C22H26ClIN4O. The summed E-state index contributed by atoms with van der Waals surface area (Å²) >= 11 is 5.85. The molecule has 3 aromatic rings. The van der Waals surface area contributed by atoms with Crippen molar-refractivity contribution in [2.75, 3.05) is 13.1 Å². The Labute approximate surface area is 194 Å². The highest BCUT2D eigenvalue weighted by Crippen LogP contribution is 2.11. The summed E-state index contributed by atoms with van der Waals surface area (Å²) in [5.41, 5.74) is 2.34. The monoisotopic (exact) mass is 524 g/mol. The van der Waals surface area contributed by atoms with Crippen LogP contribution in [0, 0.1) is 0 Å². The van der Waals surface area contributed by atoms with Crippen LogP contribution in [0.5, 0.6) is 0 Å². The van der Waals surface area contributed by atoms with Crippen molar-refractivity contribution in [3.63, 3.8) is 0 Å². The fraction of sp³-hybridized carbons (Fsp3) is 0.273. The van der Waals surface area contributed by atoms with Crippen LogP contribution in [0.2, 0.25) is 5.15 Å². The van der Waals surface area contributed by atoms with Gasteiger partial charge >= 0.3 is 0 Å². The summed E-state index contributed by atoms with van der Waals surface area (Å²) in [6, 6.07) is 18.1. The molecule has 0 bridgehead atoms. The first kappa shape index (κ1) is 23.2. The fourth-order valence-corrected chi connectivity index (χ4v) is 2.91. The normalized spacial score (nSPS) is 12.1. The van der Waals surface area contributed by atoms with Gasteiger partial charge in [-0.1, -0.05) is 48.0 Å². The molecule has 3 rings (SSSR count). The standard InChI is InChI=1S/C22H25ClN4O.HI/c1-17(19-6-3-2-4-7-19)27-22(25-14-12-20-8-5-15-28-20)24-13-11-18-9-10-21(23)26-16-18;/h2-10,15-17H,11-14H2,1H3,(H2,24,25,27);1H. The highest BCUT2D eigenvalue weighted by atomic mass is 127. The number of rotatable bonds is 8. The molecule has 0 amide bonds. The van der Waals surface area contributed by atoms with Crippen LogP contribution in [0.1, 0.15) is 29.9 Å². The lowest BCUT2D eigenvalue weighted by Crippen LogP contribution is -2.40. The Balaban J connectivity index is 0.00000300. The van der Waals surface area contributed by atoms with Crippen LogP contribution in [0.25, 0.3) is 0 Å². The molecule has 1 atom stereocenters. The summed E-state index contributed by atoms with van der Waals surface area (Å²) in [5.74, 6) is 1.72. The number of halogens is 2. The molecule has 0 aliphatic carbocycles. The molecule has 29 heavy (non-hydrogen) atoms. The van der Waals surface area contributed by atoms with E-state index in [0.29, 0.717) is 11.7 Å². The molecule has 1 unspecified atom stereocenters. The second-order valence-electron chi connectivity index (χ2n) is 6.50. The molecule has 0 saturated heterocycles. The van der Waals surface area contributed by atoms with E-state index in [1.807, 2.05) is 42.5 Å². The minimum atomic E-state index is 0. The molecule has 0 aliphatic rings. The summed E-state index contributed by atoms with van der Waals surface area (Å²) < 4.78 is 5.39. The van der Waals surface area contributed by atoms with Gasteiger partial charge in [0.2, 0.25) is 0 Å². The van der Waals surface area contributed by atoms with Crippen molar-refractivity contribution in [1.29, 1.82) is 0 Å². The second-order valence-corrected chi connectivity index (χ2v) is 6.89. The van der Waals surface area contributed by atoms with E-state index in [9.17, 15) is 0 Å². The average Bonchev–Trinajstić information content (AvgIpc) is 3.23. The predicted molar refractivity (Wildman–Crippen MR) is 129 cm³/mol. The van der Waals surface area contributed by atoms with E-state index >= 15 is 0 Å². The largest absolute Gasteiger partial charge is 0.469 e.